The van der Waals surface area contributed by atoms with Crippen molar-refractivity contribution in [2.24, 2.45) is 5.73 Å². The summed E-state index contributed by atoms with van der Waals surface area (Å²) in [5, 5.41) is 9.45. The van der Waals surface area contributed by atoms with Crippen molar-refractivity contribution in [2.45, 2.75) is 37.8 Å². The fourth-order valence-electron chi connectivity index (χ4n) is 2.64. The van der Waals surface area contributed by atoms with Crippen LogP contribution in [0.2, 0.25) is 0 Å². The number of amides is 1. The molecule has 2 unspecified atom stereocenters. The van der Waals surface area contributed by atoms with Crippen LogP contribution < -0.4 is 5.73 Å². The fraction of sp³-hybridized carbons (Fsp3) is 0.533. The van der Waals surface area contributed by atoms with Crippen molar-refractivity contribution in [1.29, 1.82) is 0 Å². The van der Waals surface area contributed by atoms with Crippen molar-refractivity contribution in [1.82, 2.24) is 4.90 Å². The van der Waals surface area contributed by atoms with Crippen LogP contribution in [0.25, 0.3) is 0 Å². The first-order chi connectivity index (χ1) is 9.24. The highest BCUT2D eigenvalue weighted by Gasteiger charge is 2.29. The molecular weight excluding hydrogens is 240 g/mol. The first-order valence-electron chi connectivity index (χ1n) is 6.96. The molecular formula is C15H22N2O2. The molecule has 1 saturated heterocycles. The zero-order valence-corrected chi connectivity index (χ0v) is 11.2. The molecule has 1 amide bonds. The molecule has 2 rings (SSSR count). The van der Waals surface area contributed by atoms with E-state index in [1.54, 1.807) is 4.90 Å². The van der Waals surface area contributed by atoms with Crippen molar-refractivity contribution in [2.75, 3.05) is 13.2 Å². The zero-order valence-electron chi connectivity index (χ0n) is 11.2. The van der Waals surface area contributed by atoms with Crippen LogP contribution in [0.15, 0.2) is 30.3 Å². The topological polar surface area (TPSA) is 66.6 Å². The van der Waals surface area contributed by atoms with E-state index < -0.39 is 6.04 Å². The van der Waals surface area contributed by atoms with Crippen molar-refractivity contribution < 1.29 is 9.90 Å². The SMILES string of the molecule is NC(C(=O)N1CCCCCC1CO)c1ccccc1. The van der Waals surface area contributed by atoms with Crippen LogP contribution in [-0.4, -0.2) is 35.1 Å². The van der Waals surface area contributed by atoms with Crippen LogP contribution in [-0.2, 0) is 4.79 Å². The monoisotopic (exact) mass is 262 g/mol. The molecule has 1 fully saturated rings. The number of rotatable bonds is 3. The summed E-state index contributed by atoms with van der Waals surface area (Å²) in [5.74, 6) is -0.0767. The van der Waals surface area contributed by atoms with Gasteiger partial charge in [-0.1, -0.05) is 43.2 Å². The van der Waals surface area contributed by atoms with Crippen molar-refractivity contribution in [3.05, 3.63) is 35.9 Å². The summed E-state index contributed by atoms with van der Waals surface area (Å²) in [4.78, 5) is 14.3. The number of carbonyl (C=O) groups is 1. The smallest absolute Gasteiger partial charge is 0.244 e. The lowest BCUT2D eigenvalue weighted by Gasteiger charge is -2.31. The van der Waals surface area contributed by atoms with Crippen LogP contribution in [0.3, 0.4) is 0 Å². The lowest BCUT2D eigenvalue weighted by molar-refractivity contribution is -0.136. The van der Waals surface area contributed by atoms with Gasteiger partial charge in [0.1, 0.15) is 6.04 Å². The van der Waals surface area contributed by atoms with E-state index in [0.29, 0.717) is 6.54 Å². The van der Waals surface area contributed by atoms with E-state index in [1.165, 1.54) is 0 Å². The van der Waals surface area contributed by atoms with Gasteiger partial charge in [-0.05, 0) is 18.4 Å². The van der Waals surface area contributed by atoms with Crippen molar-refractivity contribution in [3.8, 4) is 0 Å². The van der Waals surface area contributed by atoms with E-state index in [9.17, 15) is 9.90 Å². The second kappa shape index (κ2) is 6.68. The van der Waals surface area contributed by atoms with Gasteiger partial charge in [0.15, 0.2) is 0 Å². The number of hydrogen-bond acceptors (Lipinski definition) is 3. The van der Waals surface area contributed by atoms with Gasteiger partial charge in [-0.15, -0.1) is 0 Å². The zero-order chi connectivity index (χ0) is 13.7. The highest BCUT2D eigenvalue weighted by molar-refractivity contribution is 5.83. The number of nitrogens with zero attached hydrogens (tertiary/aromatic N) is 1. The molecule has 1 aliphatic rings. The molecule has 0 saturated carbocycles. The van der Waals surface area contributed by atoms with Gasteiger partial charge in [0, 0.05) is 6.54 Å². The van der Waals surface area contributed by atoms with Gasteiger partial charge in [0.25, 0.3) is 0 Å². The number of carbonyl (C=O) groups excluding carboxylic acids is 1. The lowest BCUT2D eigenvalue weighted by Crippen LogP contribution is -2.46. The van der Waals surface area contributed by atoms with Gasteiger partial charge >= 0.3 is 0 Å². The average Bonchev–Trinajstić information content (AvgIpc) is 2.71. The molecule has 104 valence electrons. The Morgan fingerprint density at radius 2 is 2.05 bits per heavy atom. The second-order valence-electron chi connectivity index (χ2n) is 5.11. The molecule has 4 heteroatoms. The molecule has 1 aromatic carbocycles. The summed E-state index contributed by atoms with van der Waals surface area (Å²) in [5.41, 5.74) is 6.89. The maximum atomic E-state index is 12.5. The fourth-order valence-corrected chi connectivity index (χ4v) is 2.64. The van der Waals surface area contributed by atoms with Gasteiger partial charge < -0.3 is 15.7 Å². The molecule has 0 radical (unpaired) electrons. The molecule has 19 heavy (non-hydrogen) atoms. The summed E-state index contributed by atoms with van der Waals surface area (Å²) in [6.07, 6.45) is 4.03. The standard InChI is InChI=1S/C15H22N2O2/c16-14(12-7-3-1-4-8-12)15(19)17-10-6-2-5-9-13(17)11-18/h1,3-4,7-8,13-14,18H,2,5-6,9-11,16H2. The first kappa shape index (κ1) is 14.0. The highest BCUT2D eigenvalue weighted by atomic mass is 16.3. The minimum Gasteiger partial charge on any atom is -0.394 e. The molecule has 0 spiro atoms. The van der Waals surface area contributed by atoms with Gasteiger partial charge in [-0.2, -0.15) is 0 Å². The molecule has 1 heterocycles. The average molecular weight is 262 g/mol. The van der Waals surface area contributed by atoms with Crippen molar-refractivity contribution in [3.63, 3.8) is 0 Å². The second-order valence-corrected chi connectivity index (χ2v) is 5.11. The number of benzene rings is 1. The van der Waals surface area contributed by atoms with E-state index in [4.69, 9.17) is 5.73 Å². The summed E-state index contributed by atoms with van der Waals surface area (Å²) in [6, 6.07) is 8.70. The molecule has 0 bridgehead atoms. The van der Waals surface area contributed by atoms with Crippen LogP contribution in [0.4, 0.5) is 0 Å². The number of hydrogen-bond donors (Lipinski definition) is 2. The Bertz CT molecular complexity index is 408. The van der Waals surface area contributed by atoms with Crippen molar-refractivity contribution >= 4 is 5.91 Å². The highest BCUT2D eigenvalue weighted by Crippen LogP contribution is 2.21. The van der Waals surface area contributed by atoms with E-state index in [2.05, 4.69) is 0 Å². The summed E-state index contributed by atoms with van der Waals surface area (Å²) >= 11 is 0. The maximum absolute atomic E-state index is 12.5. The molecule has 0 aromatic heterocycles. The number of likely N-dealkylation sites (tertiary alicyclic amines) is 1. The van der Waals surface area contributed by atoms with E-state index in [-0.39, 0.29) is 18.6 Å². The number of nitrogens with two attached hydrogens (primary N) is 1. The number of aliphatic hydroxyl groups is 1. The first-order valence-corrected chi connectivity index (χ1v) is 6.96. The molecule has 0 aliphatic carbocycles. The van der Waals surface area contributed by atoms with Gasteiger partial charge in [0.05, 0.1) is 12.6 Å². The largest absolute Gasteiger partial charge is 0.394 e. The predicted octanol–water partition coefficient (Wildman–Crippen LogP) is 1.45. The Hall–Kier alpha value is -1.39. The van der Waals surface area contributed by atoms with Crippen LogP contribution in [0, 0.1) is 0 Å². The normalized spacial score (nSPS) is 21.8. The van der Waals surface area contributed by atoms with E-state index in [0.717, 1.165) is 31.2 Å². The van der Waals surface area contributed by atoms with E-state index >= 15 is 0 Å². The van der Waals surface area contributed by atoms with Crippen LogP contribution in [0.5, 0.6) is 0 Å². The Balaban J connectivity index is 2.12. The summed E-state index contributed by atoms with van der Waals surface area (Å²) in [6.45, 7) is 0.720. The van der Waals surface area contributed by atoms with Crippen LogP contribution >= 0.6 is 0 Å². The Morgan fingerprint density at radius 3 is 2.74 bits per heavy atom. The minimum atomic E-state index is -0.631. The number of aliphatic hydroxyl groups excluding tert-OH is 1. The van der Waals surface area contributed by atoms with Gasteiger partial charge in [0.2, 0.25) is 5.91 Å². The molecule has 3 N–H and O–H groups in total. The quantitative estimate of drug-likeness (QED) is 0.866. The summed E-state index contributed by atoms with van der Waals surface area (Å²) < 4.78 is 0. The molecule has 1 aliphatic heterocycles. The third kappa shape index (κ3) is 3.33. The summed E-state index contributed by atoms with van der Waals surface area (Å²) in [7, 11) is 0. The Labute approximate surface area is 114 Å². The lowest BCUT2D eigenvalue weighted by atomic mass is 10.0. The third-order valence-corrected chi connectivity index (χ3v) is 3.80. The minimum absolute atomic E-state index is 0.0211. The maximum Gasteiger partial charge on any atom is 0.244 e. The molecule has 4 nitrogen and oxygen atoms in total. The molecule has 1 aromatic rings. The van der Waals surface area contributed by atoms with Crippen LogP contribution in [0.1, 0.15) is 37.3 Å². The van der Waals surface area contributed by atoms with Gasteiger partial charge in [-0.3, -0.25) is 4.79 Å². The Kier molecular flexibility index (Phi) is 4.93. The Morgan fingerprint density at radius 1 is 1.32 bits per heavy atom. The van der Waals surface area contributed by atoms with E-state index in [1.807, 2.05) is 30.3 Å². The van der Waals surface area contributed by atoms with Gasteiger partial charge in [-0.25, -0.2) is 0 Å². The molecule has 2 atom stereocenters. The predicted molar refractivity (Wildman–Crippen MR) is 74.4 cm³/mol. The third-order valence-electron chi connectivity index (χ3n) is 3.80.